The molecule has 0 aromatic heterocycles. The maximum absolute atomic E-state index is 11.9. The molecule has 0 bridgehead atoms. The smallest absolute Gasteiger partial charge is 0.228 e. The van der Waals surface area contributed by atoms with Crippen molar-refractivity contribution in [1.82, 2.24) is 5.32 Å². The van der Waals surface area contributed by atoms with Gasteiger partial charge in [-0.1, -0.05) is 13.0 Å². The molecule has 2 N–H and O–H groups in total. The highest BCUT2D eigenvalue weighted by Crippen LogP contribution is 2.25. The van der Waals surface area contributed by atoms with Gasteiger partial charge in [-0.25, -0.2) is 0 Å². The van der Waals surface area contributed by atoms with Crippen LogP contribution >= 0.6 is 0 Å². The molecule has 0 radical (unpaired) electrons. The van der Waals surface area contributed by atoms with E-state index in [1.54, 1.807) is 7.11 Å². The molecule has 0 aliphatic heterocycles. The third-order valence-corrected chi connectivity index (χ3v) is 2.57. The quantitative estimate of drug-likeness (QED) is 0.819. The molecule has 1 aromatic carbocycles. The summed E-state index contributed by atoms with van der Waals surface area (Å²) in [5.74, 6) is 0.592. The minimum atomic E-state index is -0.0785. The molecule has 4 nitrogen and oxygen atoms in total. The van der Waals surface area contributed by atoms with Gasteiger partial charge in [0.05, 0.1) is 12.8 Å². The van der Waals surface area contributed by atoms with Crippen LogP contribution in [0.5, 0.6) is 5.75 Å². The van der Waals surface area contributed by atoms with Crippen LogP contribution in [-0.4, -0.2) is 26.6 Å². The molecule has 0 aliphatic carbocycles. The highest BCUT2D eigenvalue weighted by Gasteiger charge is 2.14. The Hall–Kier alpha value is -1.55. The van der Waals surface area contributed by atoms with Crippen molar-refractivity contribution in [2.45, 2.75) is 13.8 Å². The lowest BCUT2D eigenvalue weighted by Gasteiger charge is -2.14. The number of aryl methyl sites for hydroxylation is 1. The van der Waals surface area contributed by atoms with Crippen LogP contribution in [0.1, 0.15) is 12.5 Å². The van der Waals surface area contributed by atoms with Crippen molar-refractivity contribution in [2.75, 3.05) is 26.0 Å². The summed E-state index contributed by atoms with van der Waals surface area (Å²) in [5.41, 5.74) is 1.81. The topological polar surface area (TPSA) is 50.4 Å². The molecule has 0 aliphatic rings. The molecular weight excluding hydrogens is 216 g/mol. The summed E-state index contributed by atoms with van der Waals surface area (Å²) in [7, 11) is 3.42. The van der Waals surface area contributed by atoms with Gasteiger partial charge in [-0.05, 0) is 31.7 Å². The number of methoxy groups -OCH3 is 1. The number of amides is 1. The van der Waals surface area contributed by atoms with Crippen molar-refractivity contribution in [2.24, 2.45) is 5.92 Å². The fraction of sp³-hybridized carbons (Fsp3) is 0.462. The second-order valence-electron chi connectivity index (χ2n) is 4.15. The zero-order valence-electron chi connectivity index (χ0n) is 10.8. The predicted octanol–water partition coefficient (Wildman–Crippen LogP) is 1.80. The van der Waals surface area contributed by atoms with Gasteiger partial charge < -0.3 is 15.4 Å². The first-order valence-electron chi connectivity index (χ1n) is 5.68. The van der Waals surface area contributed by atoms with E-state index in [1.807, 2.05) is 39.1 Å². The number of hydrogen-bond donors (Lipinski definition) is 2. The van der Waals surface area contributed by atoms with Crippen LogP contribution in [-0.2, 0) is 4.79 Å². The van der Waals surface area contributed by atoms with Crippen LogP contribution < -0.4 is 15.4 Å². The van der Waals surface area contributed by atoms with Gasteiger partial charge in [0.25, 0.3) is 0 Å². The predicted molar refractivity (Wildman–Crippen MR) is 69.5 cm³/mol. The number of ether oxygens (including phenoxy) is 1. The molecule has 0 spiro atoms. The maximum Gasteiger partial charge on any atom is 0.228 e. The van der Waals surface area contributed by atoms with Gasteiger partial charge in [0.15, 0.2) is 0 Å². The third-order valence-electron chi connectivity index (χ3n) is 2.57. The Labute approximate surface area is 102 Å². The zero-order chi connectivity index (χ0) is 12.8. The molecule has 1 amide bonds. The first kappa shape index (κ1) is 13.5. The Morgan fingerprint density at radius 2 is 2.18 bits per heavy atom. The monoisotopic (exact) mass is 236 g/mol. The first-order chi connectivity index (χ1) is 8.08. The van der Waals surface area contributed by atoms with E-state index in [9.17, 15) is 4.79 Å². The van der Waals surface area contributed by atoms with E-state index < -0.39 is 0 Å². The van der Waals surface area contributed by atoms with Crippen LogP contribution in [0.15, 0.2) is 18.2 Å². The molecule has 0 fully saturated rings. The second kappa shape index (κ2) is 6.25. The van der Waals surface area contributed by atoms with E-state index in [0.29, 0.717) is 12.3 Å². The van der Waals surface area contributed by atoms with Crippen LogP contribution in [0.2, 0.25) is 0 Å². The molecule has 0 heterocycles. The van der Waals surface area contributed by atoms with E-state index in [-0.39, 0.29) is 11.8 Å². The average Bonchev–Trinajstić information content (AvgIpc) is 2.29. The molecule has 17 heavy (non-hydrogen) atoms. The van der Waals surface area contributed by atoms with Crippen molar-refractivity contribution in [1.29, 1.82) is 0 Å². The molecule has 1 rings (SSSR count). The van der Waals surface area contributed by atoms with Gasteiger partial charge in [-0.3, -0.25) is 4.79 Å². The minimum absolute atomic E-state index is 0.0109. The zero-order valence-corrected chi connectivity index (χ0v) is 10.8. The summed E-state index contributed by atoms with van der Waals surface area (Å²) in [6, 6.07) is 5.71. The number of hydrogen-bond acceptors (Lipinski definition) is 3. The molecule has 94 valence electrons. The van der Waals surface area contributed by atoms with E-state index in [1.165, 1.54) is 0 Å². The van der Waals surface area contributed by atoms with Crippen LogP contribution in [0.25, 0.3) is 0 Å². The number of anilines is 1. The van der Waals surface area contributed by atoms with Crippen molar-refractivity contribution in [3.8, 4) is 5.75 Å². The fourth-order valence-corrected chi connectivity index (χ4v) is 1.57. The van der Waals surface area contributed by atoms with Gasteiger partial charge in [0, 0.05) is 12.5 Å². The van der Waals surface area contributed by atoms with Gasteiger partial charge in [0.2, 0.25) is 5.91 Å². The molecule has 1 atom stereocenters. The van der Waals surface area contributed by atoms with E-state index in [4.69, 9.17) is 4.74 Å². The number of nitrogens with one attached hydrogen (secondary N) is 2. The lowest BCUT2D eigenvalue weighted by Crippen LogP contribution is -2.28. The van der Waals surface area contributed by atoms with Crippen LogP contribution in [0, 0.1) is 12.8 Å². The molecule has 0 saturated carbocycles. The summed E-state index contributed by atoms with van der Waals surface area (Å²) in [6.07, 6.45) is 0. The molecule has 1 unspecified atom stereocenters. The van der Waals surface area contributed by atoms with E-state index >= 15 is 0 Å². The standard InChI is InChI=1S/C13H20N2O2/c1-9-5-6-12(17-4)11(7-9)15-13(16)10(2)8-14-3/h5-7,10,14H,8H2,1-4H3,(H,15,16). The third kappa shape index (κ3) is 3.75. The lowest BCUT2D eigenvalue weighted by molar-refractivity contribution is -0.119. The van der Waals surface area contributed by atoms with Crippen molar-refractivity contribution in [3.63, 3.8) is 0 Å². The maximum atomic E-state index is 11.9. The molecule has 4 heteroatoms. The SMILES string of the molecule is CNCC(C)C(=O)Nc1cc(C)ccc1OC. The van der Waals surface area contributed by atoms with Crippen molar-refractivity contribution >= 4 is 11.6 Å². The molecule has 1 aromatic rings. The van der Waals surface area contributed by atoms with Crippen molar-refractivity contribution in [3.05, 3.63) is 23.8 Å². The van der Waals surface area contributed by atoms with E-state index in [2.05, 4.69) is 10.6 Å². The summed E-state index contributed by atoms with van der Waals surface area (Å²) in [6.45, 7) is 4.51. The molecule has 0 saturated heterocycles. The number of rotatable bonds is 5. The van der Waals surface area contributed by atoms with Gasteiger partial charge >= 0.3 is 0 Å². The lowest BCUT2D eigenvalue weighted by atomic mass is 10.1. The number of carbonyl (C=O) groups is 1. The Bertz CT molecular complexity index is 391. The average molecular weight is 236 g/mol. The first-order valence-corrected chi connectivity index (χ1v) is 5.68. The van der Waals surface area contributed by atoms with Gasteiger partial charge in [-0.2, -0.15) is 0 Å². The summed E-state index contributed by atoms with van der Waals surface area (Å²) in [4.78, 5) is 11.9. The largest absolute Gasteiger partial charge is 0.495 e. The minimum Gasteiger partial charge on any atom is -0.495 e. The highest BCUT2D eigenvalue weighted by molar-refractivity contribution is 5.94. The number of benzene rings is 1. The van der Waals surface area contributed by atoms with Crippen molar-refractivity contribution < 1.29 is 9.53 Å². The van der Waals surface area contributed by atoms with Crippen LogP contribution in [0.3, 0.4) is 0 Å². The Balaban J connectivity index is 2.79. The summed E-state index contributed by atoms with van der Waals surface area (Å²) >= 11 is 0. The van der Waals surface area contributed by atoms with E-state index in [0.717, 1.165) is 11.3 Å². The van der Waals surface area contributed by atoms with Gasteiger partial charge in [0.1, 0.15) is 5.75 Å². The Kier molecular flexibility index (Phi) is 4.97. The normalized spacial score (nSPS) is 12.0. The fourth-order valence-electron chi connectivity index (χ4n) is 1.57. The summed E-state index contributed by atoms with van der Waals surface area (Å²) in [5, 5.41) is 5.86. The Morgan fingerprint density at radius 1 is 1.47 bits per heavy atom. The van der Waals surface area contributed by atoms with Crippen LogP contribution in [0.4, 0.5) is 5.69 Å². The molecular formula is C13H20N2O2. The Morgan fingerprint density at radius 3 is 2.76 bits per heavy atom. The summed E-state index contributed by atoms with van der Waals surface area (Å²) < 4.78 is 5.21. The highest BCUT2D eigenvalue weighted by atomic mass is 16.5. The number of carbonyl (C=O) groups excluding carboxylic acids is 1. The van der Waals surface area contributed by atoms with Gasteiger partial charge in [-0.15, -0.1) is 0 Å². The second-order valence-corrected chi connectivity index (χ2v) is 4.15.